The molecule has 6 aromatic rings. The minimum atomic E-state index is -6.16. The number of fused-ring (bicyclic) bond motifs is 3. The molecule has 0 radical (unpaired) electrons. The van der Waals surface area contributed by atoms with E-state index in [4.69, 9.17) is 53.2 Å². The summed E-state index contributed by atoms with van der Waals surface area (Å²) >= 11 is 0. The lowest BCUT2D eigenvalue weighted by atomic mass is 10.1. The Hall–Kier alpha value is -4.95. The molecule has 75 heavy (non-hydrogen) atoms. The Morgan fingerprint density at radius 2 is 1.28 bits per heavy atom. The lowest BCUT2D eigenvalue weighted by Gasteiger charge is -2.26. The molecule has 38 nitrogen and oxygen atoms in total. The van der Waals surface area contributed by atoms with Crippen molar-refractivity contribution in [1.29, 1.82) is 0 Å². The van der Waals surface area contributed by atoms with Gasteiger partial charge in [0.1, 0.15) is 66.8 Å². The molecule has 0 saturated carbocycles. The van der Waals surface area contributed by atoms with Crippen LogP contribution in [0.1, 0.15) is 18.7 Å². The maximum atomic E-state index is 13.7. The van der Waals surface area contributed by atoms with E-state index in [9.17, 15) is 62.7 Å². The van der Waals surface area contributed by atoms with E-state index in [0.29, 0.717) is 0 Å². The number of hydrogen-bond acceptors (Lipinski definition) is 28. The second-order valence-electron chi connectivity index (χ2n) is 16.5. The van der Waals surface area contributed by atoms with Crippen molar-refractivity contribution in [2.75, 3.05) is 45.5 Å². The molecule has 410 valence electrons. The van der Waals surface area contributed by atoms with E-state index in [1.165, 1.54) is 39.6 Å². The predicted molar refractivity (Wildman–Crippen MR) is 239 cm³/mol. The molecule has 0 aromatic carbocycles. The normalized spacial score (nSPS) is 30.5. The van der Waals surface area contributed by atoms with Crippen LogP contribution in [0.25, 0.3) is 33.5 Å². The molecule has 13 N–H and O–H groups in total. The Morgan fingerprint density at radius 1 is 0.693 bits per heavy atom. The summed E-state index contributed by atoms with van der Waals surface area (Å²) in [5.74, 6) is -0.580. The van der Waals surface area contributed by atoms with Gasteiger partial charge in [-0.3, -0.25) is 51.4 Å². The van der Waals surface area contributed by atoms with Gasteiger partial charge in [0.2, 0.25) is 17.7 Å². The molecule has 16 unspecified atom stereocenters. The first-order valence-electron chi connectivity index (χ1n) is 21.3. The number of methoxy groups -OCH3 is 2. The molecule has 9 rings (SSSR count). The van der Waals surface area contributed by atoms with Gasteiger partial charge in [0.05, 0.1) is 45.7 Å². The monoisotopic (exact) mass is 1150 g/mol. The molecular formula is C33H45N14O24P4+. The van der Waals surface area contributed by atoms with E-state index in [1.807, 2.05) is 0 Å². The fraction of sp³-hybridized carbons (Fsp3) is 0.545. The number of phosphoric acid groups is 4. The van der Waals surface area contributed by atoms with Crippen LogP contribution in [0.4, 0.5) is 11.9 Å². The number of phosphoric ester groups is 3. The molecule has 3 saturated heterocycles. The topological polar surface area (TPSA) is 525 Å². The maximum absolute atomic E-state index is 13.7. The van der Waals surface area contributed by atoms with Crippen molar-refractivity contribution in [3.8, 4) is 0 Å². The first-order chi connectivity index (χ1) is 35.3. The number of H-pyrrole nitrogens is 2. The molecule has 0 amide bonds. The third-order valence-electron chi connectivity index (χ3n) is 11.7. The van der Waals surface area contributed by atoms with Crippen LogP contribution in [-0.2, 0) is 75.7 Å². The number of nitrogen functional groups attached to an aromatic ring is 2. The van der Waals surface area contributed by atoms with Gasteiger partial charge in [-0.2, -0.15) is 13.6 Å². The van der Waals surface area contributed by atoms with Crippen LogP contribution in [0.15, 0.2) is 41.1 Å². The average Bonchev–Trinajstić information content (AvgIpc) is 4.18. The Morgan fingerprint density at radius 3 is 1.96 bits per heavy atom. The lowest BCUT2D eigenvalue weighted by Crippen LogP contribution is -2.46. The number of rotatable bonds is 20. The van der Waals surface area contributed by atoms with Gasteiger partial charge in [0, 0.05) is 14.2 Å². The number of aromatic amines is 2. The van der Waals surface area contributed by atoms with Gasteiger partial charge >= 0.3 is 36.9 Å². The quantitative estimate of drug-likeness (QED) is 0.0259. The Bertz CT molecular complexity index is 3430. The van der Waals surface area contributed by atoms with Gasteiger partial charge in [-0.25, -0.2) is 42.8 Å². The summed E-state index contributed by atoms with van der Waals surface area (Å²) in [5, 5.41) is 32.8. The first-order valence-corrected chi connectivity index (χ1v) is 27.3. The van der Waals surface area contributed by atoms with Crippen LogP contribution in [0, 0.1) is 0 Å². The van der Waals surface area contributed by atoms with Crippen LogP contribution in [-0.4, -0.2) is 177 Å². The zero-order valence-electron chi connectivity index (χ0n) is 38.4. The molecule has 3 aliphatic heterocycles. The molecule has 3 aliphatic rings. The van der Waals surface area contributed by atoms with Crippen LogP contribution < -0.4 is 27.2 Å². The number of imidazole rings is 3. The van der Waals surface area contributed by atoms with Crippen molar-refractivity contribution >= 4 is 76.7 Å². The van der Waals surface area contributed by atoms with Crippen LogP contribution in [0.2, 0.25) is 0 Å². The number of aliphatic hydroxyl groups excluding tert-OH is 3. The number of nitrogens with zero attached hydrogens (tertiary/aromatic N) is 10. The number of aromatic nitrogens is 12. The number of hydrogen-bond donors (Lipinski definition) is 11. The number of ether oxygens (including phenoxy) is 5. The summed E-state index contributed by atoms with van der Waals surface area (Å²) in [7, 11) is -19.5. The highest BCUT2D eigenvalue weighted by Gasteiger charge is 2.54. The van der Waals surface area contributed by atoms with E-state index in [-0.39, 0.29) is 45.4 Å². The maximum Gasteiger partial charge on any atom is 0.490 e. The average molecular weight is 1150 g/mol. The lowest BCUT2D eigenvalue weighted by molar-refractivity contribution is -0.745. The fourth-order valence-corrected chi connectivity index (χ4v) is 13.0. The minimum Gasteiger partial charge on any atom is -0.387 e. The van der Waals surface area contributed by atoms with Crippen molar-refractivity contribution in [2.45, 2.75) is 73.6 Å². The number of nitrogens with one attached hydrogen (secondary N) is 2. The first kappa shape index (κ1) is 54.8. The van der Waals surface area contributed by atoms with Crippen molar-refractivity contribution in [2.24, 2.45) is 7.05 Å². The molecule has 0 bridgehead atoms. The molecule has 3 fully saturated rings. The summed E-state index contributed by atoms with van der Waals surface area (Å²) in [5.41, 5.74) is 10.0. The molecular weight excluding hydrogens is 1100 g/mol. The standard InChI is InChI=1S/C33H44N14O24P4/c1-44-11-47(26-17(44)28(52)43-33(35)41-26)30-20(50)21(61-2)14(67-30)6-64-73(55,56)70-75(59,60)71-74(57,58)65-7-15-22(23(62-3)31(68-15)45-9-38-12-4-36-8-37-24(12)45)69-72(53,54)63-5-13-18(48)19(49)29(66-13)46-10-39-16-25(46)40-32(34)42-27(16)51/h4,8-11,13-15,18-23,29-31,48-50H,5-7H2,1-3H3,(H9-,34,35,40,41,42,43,51,52,53,54,55,56,57,58,59,60)/p+1. The number of nitrogens with two attached hydrogens (primary N) is 2. The molecule has 6 aromatic heterocycles. The van der Waals surface area contributed by atoms with Gasteiger partial charge in [-0.15, -0.1) is 0 Å². The highest BCUT2D eigenvalue weighted by Crippen LogP contribution is 2.68. The Balaban J connectivity index is 0.858. The second-order valence-corrected chi connectivity index (χ2v) is 22.5. The summed E-state index contributed by atoms with van der Waals surface area (Å²) in [6.07, 6.45) is -12.8. The van der Waals surface area contributed by atoms with Crippen LogP contribution in [0.5, 0.6) is 0 Å². The SMILES string of the molecule is COC1C(COP(=O)(O)OP(=O)(O)OP(=O)(O)OCC2OC(n3cnc4cncnc43)C(OC)C2OP(=O)(O)OCC2OC(n3cnc4c(=O)[nH]c(N)nc43)C(O)C2O)OC([n+]2cn(C)c3c(=O)[nH]c(N)nc32)C1O. The molecule has 0 spiro atoms. The second kappa shape index (κ2) is 20.8. The number of anilines is 2. The highest BCUT2D eigenvalue weighted by atomic mass is 31.3. The van der Waals surface area contributed by atoms with Crippen molar-refractivity contribution in [1.82, 2.24) is 53.6 Å². The third kappa shape index (κ3) is 11.1. The van der Waals surface area contributed by atoms with Crippen molar-refractivity contribution in [3.05, 3.63) is 52.2 Å². The van der Waals surface area contributed by atoms with Gasteiger partial charge in [0.15, 0.2) is 35.6 Å². The van der Waals surface area contributed by atoms with Crippen molar-refractivity contribution < 1.29 is 108 Å². The van der Waals surface area contributed by atoms with E-state index in [0.717, 1.165) is 31.4 Å². The summed E-state index contributed by atoms with van der Waals surface area (Å²) in [4.78, 5) is 96.1. The molecule has 9 heterocycles. The largest absolute Gasteiger partial charge is 0.490 e. The summed E-state index contributed by atoms with van der Waals surface area (Å²) in [6, 6.07) is 0. The molecule has 0 aliphatic carbocycles. The zero-order valence-corrected chi connectivity index (χ0v) is 42.0. The summed E-state index contributed by atoms with van der Waals surface area (Å²) in [6.45, 7) is -3.20. The Kier molecular flexibility index (Phi) is 15.2. The van der Waals surface area contributed by atoms with E-state index in [1.54, 1.807) is 0 Å². The van der Waals surface area contributed by atoms with Gasteiger partial charge in [-0.05, 0) is 0 Å². The van der Waals surface area contributed by atoms with E-state index < -0.39 is 136 Å². The number of aliphatic hydroxyl groups is 3. The zero-order chi connectivity index (χ0) is 54.1. The Labute approximate surface area is 416 Å². The highest BCUT2D eigenvalue weighted by molar-refractivity contribution is 7.66. The van der Waals surface area contributed by atoms with Gasteiger partial charge in [-0.1, -0.05) is 4.98 Å². The molecule has 42 heteroatoms. The number of aryl methyl sites for hydroxylation is 1. The van der Waals surface area contributed by atoms with Crippen LogP contribution in [0.3, 0.4) is 0 Å². The molecule has 16 atom stereocenters. The summed E-state index contributed by atoms with van der Waals surface area (Å²) < 4.78 is 115. The van der Waals surface area contributed by atoms with E-state index >= 15 is 0 Å². The van der Waals surface area contributed by atoms with Crippen molar-refractivity contribution in [3.63, 3.8) is 0 Å². The fourth-order valence-electron chi connectivity index (χ4n) is 8.48. The van der Waals surface area contributed by atoms with Crippen LogP contribution >= 0.6 is 31.3 Å². The van der Waals surface area contributed by atoms with E-state index in [2.05, 4.69) is 48.5 Å². The third-order valence-corrected chi connectivity index (χ3v) is 16.9. The van der Waals surface area contributed by atoms with Gasteiger partial charge < -0.3 is 70.0 Å². The minimum absolute atomic E-state index is 0.0254. The predicted octanol–water partition coefficient (Wildman–Crippen LogP) is -3.64. The van der Waals surface area contributed by atoms with Gasteiger partial charge in [0.25, 0.3) is 17.1 Å². The smallest absolute Gasteiger partial charge is 0.387 e.